The number of esters is 6. The SMILES string of the molecule is COC(=O)[C@]1(C)OC2C(OC(C)=O)[C@H](O[C@@H]3OC(COC(C)=O)[C@H](OC(C)=O)[C@H](OC(C)=O)C3OC(C)=O)[C@@H](COCc3ccccc3)O[C@@H]2O1. The second-order valence-electron chi connectivity index (χ2n) is 11.9. The quantitative estimate of drug-likeness (QED) is 0.201. The van der Waals surface area contributed by atoms with Crippen molar-refractivity contribution in [1.82, 2.24) is 0 Å². The lowest BCUT2D eigenvalue weighted by Crippen LogP contribution is -2.66. The molecule has 0 spiro atoms. The molecule has 18 heteroatoms. The van der Waals surface area contributed by atoms with Crippen molar-refractivity contribution >= 4 is 35.8 Å². The average Bonchev–Trinajstić information content (AvgIpc) is 3.40. The lowest BCUT2D eigenvalue weighted by molar-refractivity contribution is -0.348. The van der Waals surface area contributed by atoms with Gasteiger partial charge >= 0.3 is 35.8 Å². The Kier molecular flexibility index (Phi) is 13.5. The van der Waals surface area contributed by atoms with Crippen LogP contribution in [0.3, 0.4) is 0 Å². The number of rotatable bonds is 13. The summed E-state index contributed by atoms with van der Waals surface area (Å²) in [5.74, 6) is -6.93. The van der Waals surface area contributed by atoms with Crippen LogP contribution in [0.5, 0.6) is 0 Å². The largest absolute Gasteiger partial charge is 0.465 e. The van der Waals surface area contributed by atoms with Crippen molar-refractivity contribution in [2.45, 2.75) is 115 Å². The lowest BCUT2D eigenvalue weighted by Gasteiger charge is -2.47. The van der Waals surface area contributed by atoms with Crippen LogP contribution in [0.25, 0.3) is 0 Å². The summed E-state index contributed by atoms with van der Waals surface area (Å²) >= 11 is 0. The van der Waals surface area contributed by atoms with Crippen molar-refractivity contribution in [3.05, 3.63) is 35.9 Å². The van der Waals surface area contributed by atoms with E-state index in [9.17, 15) is 28.8 Å². The highest BCUT2D eigenvalue weighted by Gasteiger charge is 2.62. The minimum absolute atomic E-state index is 0.121. The van der Waals surface area contributed by atoms with Crippen LogP contribution in [0, 0.1) is 0 Å². The molecule has 0 N–H and O–H groups in total. The van der Waals surface area contributed by atoms with Crippen molar-refractivity contribution < 1.29 is 85.6 Å². The minimum Gasteiger partial charge on any atom is -0.465 e. The molecule has 0 radical (unpaired) electrons. The van der Waals surface area contributed by atoms with Crippen LogP contribution in [0.1, 0.15) is 47.1 Å². The Morgan fingerprint density at radius 3 is 1.82 bits per heavy atom. The molecule has 3 fully saturated rings. The zero-order valence-corrected chi connectivity index (χ0v) is 29.1. The highest BCUT2D eigenvalue weighted by Crippen LogP contribution is 2.41. The van der Waals surface area contributed by atoms with Gasteiger partial charge in [-0.1, -0.05) is 30.3 Å². The molecule has 3 aliphatic rings. The zero-order chi connectivity index (χ0) is 37.5. The fourth-order valence-electron chi connectivity index (χ4n) is 5.83. The first-order valence-electron chi connectivity index (χ1n) is 16.0. The summed E-state index contributed by atoms with van der Waals surface area (Å²) in [5.41, 5.74) is 0.818. The maximum Gasteiger partial charge on any atom is 0.366 e. The molecule has 1 aromatic carbocycles. The summed E-state index contributed by atoms with van der Waals surface area (Å²) in [6, 6.07) is 9.15. The highest BCUT2D eigenvalue weighted by molar-refractivity contribution is 5.77. The molecule has 0 aromatic heterocycles. The predicted molar refractivity (Wildman–Crippen MR) is 164 cm³/mol. The van der Waals surface area contributed by atoms with E-state index in [2.05, 4.69) is 0 Å². The molecule has 18 nitrogen and oxygen atoms in total. The molecule has 11 atom stereocenters. The molecular formula is C33H42O18. The standard InChI is InChI=1S/C33H42O18/c1-16(34)42-15-23-24(43-17(2)35)26(44-18(3)36)28(46-20(5)38)30(47-23)49-25-22(14-41-13-21-11-9-8-10-12-21)48-31-29(27(25)45-19(4)37)50-33(6,51-31)32(39)40-7/h8-12,22-31H,13-15H2,1-7H3/t22-,23?,24+,25-,26+,27?,28?,29?,30+,31-,33-/m1/s1. The Morgan fingerprint density at radius 1 is 0.667 bits per heavy atom. The van der Waals surface area contributed by atoms with Crippen LogP contribution in [0.2, 0.25) is 0 Å². The Balaban J connectivity index is 1.76. The highest BCUT2D eigenvalue weighted by atomic mass is 16.9. The molecule has 3 saturated heterocycles. The topological polar surface area (TPSA) is 213 Å². The summed E-state index contributed by atoms with van der Waals surface area (Å²) in [7, 11) is 1.13. The van der Waals surface area contributed by atoms with Gasteiger partial charge in [-0.2, -0.15) is 0 Å². The first-order valence-corrected chi connectivity index (χ1v) is 16.0. The van der Waals surface area contributed by atoms with Gasteiger partial charge in [0.2, 0.25) is 0 Å². The zero-order valence-electron chi connectivity index (χ0n) is 29.1. The summed E-state index contributed by atoms with van der Waals surface area (Å²) < 4.78 is 68.7. The van der Waals surface area contributed by atoms with Gasteiger partial charge in [0.25, 0.3) is 5.79 Å². The molecule has 0 amide bonds. The Morgan fingerprint density at radius 2 is 1.24 bits per heavy atom. The summed E-state index contributed by atoms with van der Waals surface area (Å²) in [5, 5.41) is 0. The third-order valence-corrected chi connectivity index (χ3v) is 7.78. The third kappa shape index (κ3) is 10.2. The van der Waals surface area contributed by atoms with E-state index >= 15 is 0 Å². The monoisotopic (exact) mass is 726 g/mol. The van der Waals surface area contributed by atoms with Crippen molar-refractivity contribution in [3.63, 3.8) is 0 Å². The second kappa shape index (κ2) is 17.3. The summed E-state index contributed by atoms with van der Waals surface area (Å²) in [6.45, 7) is 6.17. The molecule has 4 unspecified atom stereocenters. The van der Waals surface area contributed by atoms with Gasteiger partial charge in [-0.15, -0.1) is 0 Å². The fraction of sp³-hybridized carbons (Fsp3) is 0.636. The Bertz CT molecular complexity index is 1420. The lowest BCUT2D eigenvalue weighted by atomic mass is 9.96. The molecule has 0 bridgehead atoms. The van der Waals surface area contributed by atoms with Crippen molar-refractivity contribution in [2.75, 3.05) is 20.3 Å². The van der Waals surface area contributed by atoms with Crippen molar-refractivity contribution in [3.8, 4) is 0 Å². The number of benzene rings is 1. The number of carbonyl (C=O) groups excluding carboxylic acids is 6. The van der Waals surface area contributed by atoms with Gasteiger partial charge in [0.1, 0.15) is 24.9 Å². The van der Waals surface area contributed by atoms with E-state index in [1.807, 2.05) is 30.3 Å². The number of hydrogen-bond donors (Lipinski definition) is 0. The molecule has 4 rings (SSSR count). The molecule has 282 valence electrons. The van der Waals surface area contributed by atoms with Gasteiger partial charge in [-0.3, -0.25) is 24.0 Å². The predicted octanol–water partition coefficient (Wildman–Crippen LogP) is 0.633. The number of hydrogen-bond acceptors (Lipinski definition) is 18. The molecule has 3 heterocycles. The number of methoxy groups -OCH3 is 1. The van der Waals surface area contributed by atoms with E-state index in [0.29, 0.717) is 0 Å². The van der Waals surface area contributed by atoms with E-state index in [1.54, 1.807) is 0 Å². The molecule has 3 aliphatic heterocycles. The van der Waals surface area contributed by atoms with E-state index < -0.39 is 110 Å². The molecule has 0 saturated carbocycles. The van der Waals surface area contributed by atoms with Crippen LogP contribution in [0.4, 0.5) is 0 Å². The maximum atomic E-state index is 12.7. The van der Waals surface area contributed by atoms with Gasteiger partial charge in [-0.05, 0) is 5.56 Å². The average molecular weight is 727 g/mol. The van der Waals surface area contributed by atoms with Gasteiger partial charge in [0.05, 0.1) is 20.3 Å². The number of fused-ring (bicyclic) bond motifs is 1. The maximum absolute atomic E-state index is 12.7. The van der Waals surface area contributed by atoms with E-state index in [1.165, 1.54) is 6.92 Å². The normalized spacial score (nSPS) is 32.8. The van der Waals surface area contributed by atoms with Crippen molar-refractivity contribution in [1.29, 1.82) is 0 Å². The van der Waals surface area contributed by atoms with Crippen LogP contribution in [0.15, 0.2) is 30.3 Å². The second-order valence-corrected chi connectivity index (χ2v) is 11.9. The van der Waals surface area contributed by atoms with Crippen LogP contribution in [-0.2, 0) is 92.2 Å². The van der Waals surface area contributed by atoms with E-state index in [0.717, 1.165) is 47.3 Å². The Labute approximate surface area is 293 Å². The van der Waals surface area contributed by atoms with Crippen LogP contribution >= 0.6 is 0 Å². The molecule has 51 heavy (non-hydrogen) atoms. The van der Waals surface area contributed by atoms with Crippen molar-refractivity contribution in [2.24, 2.45) is 0 Å². The number of carbonyl (C=O) groups is 6. The molecular weight excluding hydrogens is 684 g/mol. The fourth-order valence-corrected chi connectivity index (χ4v) is 5.83. The molecule has 1 aromatic rings. The summed E-state index contributed by atoms with van der Waals surface area (Å²) in [4.78, 5) is 73.9. The molecule has 0 aliphatic carbocycles. The van der Waals surface area contributed by atoms with Crippen LogP contribution < -0.4 is 0 Å². The van der Waals surface area contributed by atoms with E-state index in [4.69, 9.17) is 56.8 Å². The van der Waals surface area contributed by atoms with Gasteiger partial charge < -0.3 is 56.8 Å². The first kappa shape index (κ1) is 39.6. The van der Waals surface area contributed by atoms with Gasteiger partial charge in [0, 0.05) is 41.5 Å². The minimum atomic E-state index is -1.98. The van der Waals surface area contributed by atoms with Gasteiger partial charge in [-0.25, -0.2) is 4.79 Å². The summed E-state index contributed by atoms with van der Waals surface area (Å²) in [6.07, 6.45) is -14.2. The smallest absolute Gasteiger partial charge is 0.366 e. The third-order valence-electron chi connectivity index (χ3n) is 7.78. The first-order chi connectivity index (χ1) is 24.1. The van der Waals surface area contributed by atoms with Gasteiger partial charge in [0.15, 0.2) is 43.1 Å². The van der Waals surface area contributed by atoms with Crippen LogP contribution in [-0.4, -0.2) is 123 Å². The Hall–Kier alpha value is -4.20. The van der Waals surface area contributed by atoms with E-state index in [-0.39, 0.29) is 13.2 Å². The number of ether oxygens (including phenoxy) is 12.